The average molecular weight is 285 g/mol. The zero-order valence-electron chi connectivity index (χ0n) is 12.9. The number of methoxy groups -OCH3 is 1. The highest BCUT2D eigenvalue weighted by Gasteiger charge is 2.16. The molecule has 3 heteroatoms. The van der Waals surface area contributed by atoms with Gasteiger partial charge in [0.15, 0.2) is 0 Å². The third-order valence-electron chi connectivity index (χ3n) is 3.67. The van der Waals surface area contributed by atoms with Crippen molar-refractivity contribution in [1.82, 2.24) is 0 Å². The maximum absolute atomic E-state index is 10.0. The van der Waals surface area contributed by atoms with E-state index in [1.807, 2.05) is 31.3 Å². The fourth-order valence-corrected chi connectivity index (χ4v) is 2.53. The molecular formula is C18H23NO2. The van der Waals surface area contributed by atoms with Crippen LogP contribution in [0.4, 0.5) is 5.69 Å². The molecule has 0 bridgehead atoms. The van der Waals surface area contributed by atoms with Crippen LogP contribution in [0.3, 0.4) is 0 Å². The SMILES string of the molecule is COc1cccc(N(C)CCc2ccccc2)c1[C@@H](C)O. The van der Waals surface area contributed by atoms with Gasteiger partial charge in [0, 0.05) is 24.8 Å². The van der Waals surface area contributed by atoms with Crippen LogP contribution in [0.15, 0.2) is 48.5 Å². The highest BCUT2D eigenvalue weighted by molar-refractivity contribution is 5.60. The minimum Gasteiger partial charge on any atom is -0.496 e. The fourth-order valence-electron chi connectivity index (χ4n) is 2.53. The number of hydrogen-bond acceptors (Lipinski definition) is 3. The predicted octanol–water partition coefficient (Wildman–Crippen LogP) is 3.43. The number of likely N-dealkylation sites (N-methyl/N-ethyl adjacent to an activating group) is 1. The van der Waals surface area contributed by atoms with Gasteiger partial charge in [-0.05, 0) is 31.0 Å². The lowest BCUT2D eigenvalue weighted by Gasteiger charge is -2.25. The summed E-state index contributed by atoms with van der Waals surface area (Å²) in [6, 6.07) is 16.3. The maximum atomic E-state index is 10.0. The van der Waals surface area contributed by atoms with Gasteiger partial charge in [0.25, 0.3) is 0 Å². The third kappa shape index (κ3) is 3.76. The Morgan fingerprint density at radius 1 is 1.10 bits per heavy atom. The van der Waals surface area contributed by atoms with Crippen LogP contribution in [0.25, 0.3) is 0 Å². The van der Waals surface area contributed by atoms with E-state index < -0.39 is 6.10 Å². The van der Waals surface area contributed by atoms with Gasteiger partial charge in [-0.15, -0.1) is 0 Å². The molecule has 0 amide bonds. The van der Waals surface area contributed by atoms with Gasteiger partial charge in [-0.25, -0.2) is 0 Å². The predicted molar refractivity (Wildman–Crippen MR) is 87.0 cm³/mol. The monoisotopic (exact) mass is 285 g/mol. The lowest BCUT2D eigenvalue weighted by molar-refractivity contribution is 0.194. The van der Waals surface area contributed by atoms with E-state index in [-0.39, 0.29) is 0 Å². The van der Waals surface area contributed by atoms with Crippen LogP contribution in [-0.4, -0.2) is 25.8 Å². The minimum absolute atomic E-state index is 0.560. The van der Waals surface area contributed by atoms with Crippen molar-refractivity contribution >= 4 is 5.69 Å². The number of aliphatic hydroxyl groups is 1. The molecule has 2 aromatic rings. The van der Waals surface area contributed by atoms with E-state index in [1.165, 1.54) is 5.56 Å². The molecule has 0 aliphatic carbocycles. The van der Waals surface area contributed by atoms with Gasteiger partial charge < -0.3 is 14.7 Å². The first kappa shape index (κ1) is 15.4. The number of rotatable bonds is 6. The first-order valence-corrected chi connectivity index (χ1v) is 7.23. The number of ether oxygens (including phenoxy) is 1. The Hall–Kier alpha value is -2.00. The summed E-state index contributed by atoms with van der Waals surface area (Å²) in [5.74, 6) is 0.731. The Labute approximate surface area is 126 Å². The molecule has 0 saturated carbocycles. The van der Waals surface area contributed by atoms with Gasteiger partial charge in [0.2, 0.25) is 0 Å². The van der Waals surface area contributed by atoms with Crippen molar-refractivity contribution in [3.63, 3.8) is 0 Å². The fraction of sp³-hybridized carbons (Fsp3) is 0.333. The van der Waals surface area contributed by atoms with E-state index in [9.17, 15) is 5.11 Å². The molecule has 3 nitrogen and oxygen atoms in total. The van der Waals surface area contributed by atoms with Crippen molar-refractivity contribution in [1.29, 1.82) is 0 Å². The highest BCUT2D eigenvalue weighted by Crippen LogP contribution is 2.34. The molecule has 0 unspecified atom stereocenters. The molecule has 21 heavy (non-hydrogen) atoms. The van der Waals surface area contributed by atoms with E-state index in [0.717, 1.165) is 30.0 Å². The van der Waals surface area contributed by atoms with Crippen molar-refractivity contribution in [2.45, 2.75) is 19.4 Å². The van der Waals surface area contributed by atoms with Crippen molar-refractivity contribution in [2.24, 2.45) is 0 Å². The van der Waals surface area contributed by atoms with Crippen molar-refractivity contribution in [3.8, 4) is 5.75 Å². The lowest BCUT2D eigenvalue weighted by Crippen LogP contribution is -2.22. The first-order valence-electron chi connectivity index (χ1n) is 7.23. The summed E-state index contributed by atoms with van der Waals surface area (Å²) in [5.41, 5.74) is 3.17. The molecule has 1 N–H and O–H groups in total. The quantitative estimate of drug-likeness (QED) is 0.882. The summed E-state index contributed by atoms with van der Waals surface area (Å²) in [6.07, 6.45) is 0.406. The molecule has 112 valence electrons. The van der Waals surface area contributed by atoms with Crippen LogP contribution in [0, 0.1) is 0 Å². The van der Waals surface area contributed by atoms with E-state index in [4.69, 9.17) is 4.74 Å². The van der Waals surface area contributed by atoms with Gasteiger partial charge >= 0.3 is 0 Å². The number of nitrogens with zero attached hydrogens (tertiary/aromatic N) is 1. The second-order valence-corrected chi connectivity index (χ2v) is 5.23. The molecule has 0 spiro atoms. The van der Waals surface area contributed by atoms with E-state index in [2.05, 4.69) is 29.2 Å². The first-order chi connectivity index (χ1) is 10.1. The topological polar surface area (TPSA) is 32.7 Å². The maximum Gasteiger partial charge on any atom is 0.126 e. The molecule has 0 fully saturated rings. The Kier molecular flexibility index (Phi) is 5.23. The Morgan fingerprint density at radius 2 is 1.81 bits per heavy atom. The molecule has 0 saturated heterocycles. The van der Waals surface area contributed by atoms with Crippen molar-refractivity contribution < 1.29 is 9.84 Å². The summed E-state index contributed by atoms with van der Waals surface area (Å²) in [4.78, 5) is 2.16. The number of hydrogen-bond donors (Lipinski definition) is 1. The number of benzene rings is 2. The molecule has 1 atom stereocenters. The molecular weight excluding hydrogens is 262 g/mol. The Morgan fingerprint density at radius 3 is 2.43 bits per heavy atom. The van der Waals surface area contributed by atoms with Gasteiger partial charge in [-0.2, -0.15) is 0 Å². The van der Waals surface area contributed by atoms with Crippen LogP contribution < -0.4 is 9.64 Å². The van der Waals surface area contributed by atoms with Gasteiger partial charge in [0.05, 0.1) is 13.2 Å². The van der Waals surface area contributed by atoms with Crippen LogP contribution in [0.5, 0.6) is 5.75 Å². The van der Waals surface area contributed by atoms with E-state index >= 15 is 0 Å². The zero-order chi connectivity index (χ0) is 15.2. The second-order valence-electron chi connectivity index (χ2n) is 5.23. The summed E-state index contributed by atoms with van der Waals surface area (Å²) in [6.45, 7) is 2.66. The normalized spacial score (nSPS) is 12.0. The van der Waals surface area contributed by atoms with Gasteiger partial charge in [-0.3, -0.25) is 0 Å². The molecule has 0 aromatic heterocycles. The number of aliphatic hydroxyl groups excluding tert-OH is 1. The lowest BCUT2D eigenvalue weighted by atomic mass is 10.1. The van der Waals surface area contributed by atoms with Gasteiger partial charge in [0.1, 0.15) is 5.75 Å². The molecule has 0 radical (unpaired) electrons. The summed E-state index contributed by atoms with van der Waals surface area (Å²) in [5, 5.41) is 10.0. The standard InChI is InChI=1S/C18H23NO2/c1-14(20)18-16(10-7-11-17(18)21-3)19(2)13-12-15-8-5-4-6-9-15/h4-11,14,20H,12-13H2,1-3H3/t14-/m1/s1. The Balaban J connectivity index is 2.17. The average Bonchev–Trinajstić information content (AvgIpc) is 2.52. The smallest absolute Gasteiger partial charge is 0.126 e. The summed E-state index contributed by atoms with van der Waals surface area (Å²) >= 11 is 0. The highest BCUT2D eigenvalue weighted by atomic mass is 16.5. The van der Waals surface area contributed by atoms with E-state index in [0.29, 0.717) is 0 Å². The molecule has 0 aliphatic heterocycles. The summed E-state index contributed by atoms with van der Waals surface area (Å²) in [7, 11) is 3.68. The number of anilines is 1. The Bertz CT molecular complexity index is 567. The largest absolute Gasteiger partial charge is 0.496 e. The van der Waals surface area contributed by atoms with Gasteiger partial charge in [-0.1, -0.05) is 36.4 Å². The van der Waals surface area contributed by atoms with Crippen molar-refractivity contribution in [2.75, 3.05) is 25.6 Å². The molecule has 0 aliphatic rings. The van der Waals surface area contributed by atoms with E-state index in [1.54, 1.807) is 14.0 Å². The zero-order valence-corrected chi connectivity index (χ0v) is 12.9. The third-order valence-corrected chi connectivity index (χ3v) is 3.67. The molecule has 2 rings (SSSR count). The molecule has 2 aromatic carbocycles. The van der Waals surface area contributed by atoms with Crippen LogP contribution >= 0.6 is 0 Å². The van der Waals surface area contributed by atoms with Crippen LogP contribution in [-0.2, 0) is 6.42 Å². The van der Waals surface area contributed by atoms with Crippen LogP contribution in [0.2, 0.25) is 0 Å². The minimum atomic E-state index is -0.560. The van der Waals surface area contributed by atoms with Crippen molar-refractivity contribution in [3.05, 3.63) is 59.7 Å². The second kappa shape index (κ2) is 7.14. The van der Waals surface area contributed by atoms with Crippen LogP contribution in [0.1, 0.15) is 24.2 Å². The molecule has 0 heterocycles. The summed E-state index contributed by atoms with van der Waals surface area (Å²) < 4.78 is 5.37.